The molecule has 0 aliphatic carbocycles. The van der Waals surface area contributed by atoms with E-state index in [-0.39, 0.29) is 24.8 Å². The molecule has 0 aromatic heterocycles. The number of carbonyl (C=O) groups is 2. The van der Waals surface area contributed by atoms with Crippen molar-refractivity contribution in [2.75, 3.05) is 6.61 Å². The van der Waals surface area contributed by atoms with Crippen LogP contribution in [0.4, 0.5) is 0 Å². The maximum Gasteiger partial charge on any atom is 0.242 e. The van der Waals surface area contributed by atoms with Gasteiger partial charge in [-0.1, -0.05) is 47.5 Å². The zero-order chi connectivity index (χ0) is 23.0. The Hall–Kier alpha value is -2.24. The molecule has 7 heteroatoms. The third-order valence-corrected chi connectivity index (χ3v) is 5.29. The van der Waals surface area contributed by atoms with E-state index in [2.05, 4.69) is 5.32 Å². The van der Waals surface area contributed by atoms with Gasteiger partial charge in [0.05, 0.1) is 16.7 Å². The standard InChI is InChI=1S/C24H30Cl2N2O3/c1-17(23(30)27-24(2,3)4)28(16-18-12-13-20(25)21(26)15-18)22(29)11-8-14-31-19-9-6-5-7-10-19/h5-7,9-10,12-13,15,17H,8,11,14,16H2,1-4H3,(H,27,30). The molecule has 0 heterocycles. The molecule has 0 aliphatic heterocycles. The molecule has 168 valence electrons. The first-order chi connectivity index (χ1) is 14.6. The summed E-state index contributed by atoms with van der Waals surface area (Å²) in [6.45, 7) is 8.13. The smallest absolute Gasteiger partial charge is 0.242 e. The topological polar surface area (TPSA) is 58.6 Å². The van der Waals surface area contributed by atoms with Gasteiger partial charge in [0.2, 0.25) is 11.8 Å². The molecule has 0 saturated carbocycles. The van der Waals surface area contributed by atoms with Gasteiger partial charge in [-0.05, 0) is 63.9 Å². The van der Waals surface area contributed by atoms with E-state index in [1.807, 2.05) is 51.1 Å². The molecule has 1 atom stereocenters. The number of rotatable bonds is 9. The molecule has 5 nitrogen and oxygen atoms in total. The van der Waals surface area contributed by atoms with Crippen LogP contribution in [0.3, 0.4) is 0 Å². The van der Waals surface area contributed by atoms with Gasteiger partial charge in [0, 0.05) is 18.5 Å². The fourth-order valence-corrected chi connectivity index (χ4v) is 3.29. The van der Waals surface area contributed by atoms with E-state index in [4.69, 9.17) is 27.9 Å². The average Bonchev–Trinajstić information content (AvgIpc) is 2.71. The summed E-state index contributed by atoms with van der Waals surface area (Å²) in [6, 6.07) is 14.0. The third kappa shape index (κ3) is 8.42. The summed E-state index contributed by atoms with van der Waals surface area (Å²) in [5.41, 5.74) is 0.409. The predicted octanol–water partition coefficient (Wildman–Crippen LogP) is 5.48. The third-order valence-electron chi connectivity index (χ3n) is 4.55. The number of ether oxygens (including phenoxy) is 1. The average molecular weight is 465 g/mol. The summed E-state index contributed by atoms with van der Waals surface area (Å²) in [4.78, 5) is 27.4. The highest BCUT2D eigenvalue weighted by Gasteiger charge is 2.28. The normalized spacial score (nSPS) is 12.2. The van der Waals surface area contributed by atoms with E-state index in [9.17, 15) is 9.59 Å². The second-order valence-corrected chi connectivity index (χ2v) is 9.26. The van der Waals surface area contributed by atoms with Crippen LogP contribution < -0.4 is 10.1 Å². The molecule has 2 aromatic carbocycles. The van der Waals surface area contributed by atoms with Crippen molar-refractivity contribution in [1.29, 1.82) is 0 Å². The van der Waals surface area contributed by atoms with Gasteiger partial charge < -0.3 is 15.0 Å². The number of carbonyl (C=O) groups excluding carboxylic acids is 2. The van der Waals surface area contributed by atoms with E-state index in [1.165, 1.54) is 0 Å². The number of benzene rings is 2. The first kappa shape index (κ1) is 25.0. The lowest BCUT2D eigenvalue weighted by molar-refractivity contribution is -0.141. The molecular weight excluding hydrogens is 435 g/mol. The molecule has 0 aliphatic rings. The quantitative estimate of drug-likeness (QED) is 0.499. The van der Waals surface area contributed by atoms with Crippen molar-refractivity contribution >= 4 is 35.0 Å². The van der Waals surface area contributed by atoms with Crippen LogP contribution in [0, 0.1) is 0 Å². The summed E-state index contributed by atoms with van der Waals surface area (Å²) in [5.74, 6) is 0.432. The minimum Gasteiger partial charge on any atom is -0.494 e. The monoisotopic (exact) mass is 464 g/mol. The molecule has 0 bridgehead atoms. The maximum absolute atomic E-state index is 13.1. The van der Waals surface area contributed by atoms with Crippen LogP contribution in [-0.4, -0.2) is 34.9 Å². The molecule has 0 radical (unpaired) electrons. The predicted molar refractivity (Wildman–Crippen MR) is 126 cm³/mol. The molecule has 2 aromatic rings. The largest absolute Gasteiger partial charge is 0.494 e. The minimum atomic E-state index is -0.642. The highest BCUT2D eigenvalue weighted by molar-refractivity contribution is 6.42. The molecule has 0 fully saturated rings. The lowest BCUT2D eigenvalue weighted by atomic mass is 10.1. The van der Waals surface area contributed by atoms with Gasteiger partial charge in [-0.2, -0.15) is 0 Å². The van der Waals surface area contributed by atoms with Crippen LogP contribution in [-0.2, 0) is 16.1 Å². The number of para-hydroxylation sites is 1. The first-order valence-corrected chi connectivity index (χ1v) is 11.1. The van der Waals surface area contributed by atoms with Gasteiger partial charge in [0.1, 0.15) is 11.8 Å². The second kappa shape index (κ2) is 11.4. The molecule has 1 unspecified atom stereocenters. The van der Waals surface area contributed by atoms with Crippen LogP contribution in [0.25, 0.3) is 0 Å². The van der Waals surface area contributed by atoms with Crippen molar-refractivity contribution in [2.24, 2.45) is 0 Å². The van der Waals surface area contributed by atoms with Crippen molar-refractivity contribution in [3.8, 4) is 5.75 Å². The van der Waals surface area contributed by atoms with Gasteiger partial charge in [-0.3, -0.25) is 9.59 Å². The van der Waals surface area contributed by atoms with Gasteiger partial charge in [-0.25, -0.2) is 0 Å². The molecule has 0 saturated heterocycles. The van der Waals surface area contributed by atoms with Crippen molar-refractivity contribution in [3.63, 3.8) is 0 Å². The zero-order valence-electron chi connectivity index (χ0n) is 18.5. The van der Waals surface area contributed by atoms with E-state index >= 15 is 0 Å². The van der Waals surface area contributed by atoms with Gasteiger partial charge in [-0.15, -0.1) is 0 Å². The Kier molecular flexibility index (Phi) is 9.20. The first-order valence-electron chi connectivity index (χ1n) is 10.3. The van der Waals surface area contributed by atoms with Crippen LogP contribution in [0.5, 0.6) is 5.75 Å². The Balaban J connectivity index is 2.06. The lowest BCUT2D eigenvalue weighted by Crippen LogP contribution is -2.52. The fourth-order valence-electron chi connectivity index (χ4n) is 2.97. The molecule has 31 heavy (non-hydrogen) atoms. The Morgan fingerprint density at radius 1 is 1.06 bits per heavy atom. The lowest BCUT2D eigenvalue weighted by Gasteiger charge is -2.31. The molecular formula is C24H30Cl2N2O3. The van der Waals surface area contributed by atoms with Crippen LogP contribution >= 0.6 is 23.2 Å². The molecule has 0 spiro atoms. The summed E-state index contributed by atoms with van der Waals surface area (Å²) in [6.07, 6.45) is 0.806. The highest BCUT2D eigenvalue weighted by atomic mass is 35.5. The maximum atomic E-state index is 13.1. The van der Waals surface area contributed by atoms with Crippen LogP contribution in [0.1, 0.15) is 46.1 Å². The minimum absolute atomic E-state index is 0.126. The number of nitrogens with one attached hydrogen (secondary N) is 1. The molecule has 1 N–H and O–H groups in total. The van der Waals surface area contributed by atoms with Gasteiger partial charge in [0.25, 0.3) is 0 Å². The Morgan fingerprint density at radius 2 is 1.74 bits per heavy atom. The number of hydrogen-bond acceptors (Lipinski definition) is 3. The van der Waals surface area contributed by atoms with Crippen LogP contribution in [0.15, 0.2) is 48.5 Å². The van der Waals surface area contributed by atoms with Crippen molar-refractivity contribution in [1.82, 2.24) is 10.2 Å². The summed E-state index contributed by atoms with van der Waals surface area (Å²) >= 11 is 12.1. The highest BCUT2D eigenvalue weighted by Crippen LogP contribution is 2.24. The number of halogens is 2. The van der Waals surface area contributed by atoms with E-state index in [0.717, 1.165) is 11.3 Å². The Bertz CT molecular complexity index is 882. The van der Waals surface area contributed by atoms with Crippen LogP contribution in [0.2, 0.25) is 10.0 Å². The second-order valence-electron chi connectivity index (χ2n) is 8.45. The summed E-state index contributed by atoms with van der Waals surface area (Å²) < 4.78 is 5.67. The number of hydrogen-bond donors (Lipinski definition) is 1. The summed E-state index contributed by atoms with van der Waals surface area (Å²) in [5, 5.41) is 3.80. The zero-order valence-corrected chi connectivity index (χ0v) is 20.0. The van der Waals surface area contributed by atoms with E-state index in [1.54, 1.807) is 30.0 Å². The van der Waals surface area contributed by atoms with E-state index in [0.29, 0.717) is 23.1 Å². The summed E-state index contributed by atoms with van der Waals surface area (Å²) in [7, 11) is 0. The number of amides is 2. The van der Waals surface area contributed by atoms with Gasteiger partial charge in [0.15, 0.2) is 0 Å². The molecule has 2 rings (SSSR count). The van der Waals surface area contributed by atoms with Crippen molar-refractivity contribution in [2.45, 2.75) is 58.7 Å². The Labute approximate surface area is 194 Å². The molecule has 2 amide bonds. The SMILES string of the molecule is CC(C(=O)NC(C)(C)C)N(Cc1ccc(Cl)c(Cl)c1)C(=O)CCCOc1ccccc1. The number of nitrogens with zero attached hydrogens (tertiary/aromatic N) is 1. The fraction of sp³-hybridized carbons (Fsp3) is 0.417. The van der Waals surface area contributed by atoms with E-state index < -0.39 is 11.6 Å². The van der Waals surface area contributed by atoms with Gasteiger partial charge >= 0.3 is 0 Å². The Morgan fingerprint density at radius 3 is 2.35 bits per heavy atom. The van der Waals surface area contributed by atoms with Crippen molar-refractivity contribution in [3.05, 3.63) is 64.1 Å². The van der Waals surface area contributed by atoms with Crippen molar-refractivity contribution < 1.29 is 14.3 Å².